The van der Waals surface area contributed by atoms with E-state index in [4.69, 9.17) is 5.73 Å². The SMILES string of the molecule is CC1C(C)C(C)C(C)C1C.O.[CH2-][C@H](c1ccccc1)C([NH-])c1ccccc1.[CH3-].[Ir+3]. The maximum Gasteiger partial charge on any atom is 3.00 e. The predicted molar refractivity (Wildman–Crippen MR) is 124 cm³/mol. The molecule has 29 heavy (non-hydrogen) atoms. The number of rotatable bonds is 3. The van der Waals surface area contributed by atoms with Crippen molar-refractivity contribution in [1.29, 1.82) is 0 Å². The smallest absolute Gasteiger partial charge is 0.672 e. The van der Waals surface area contributed by atoms with E-state index in [-0.39, 0.29) is 45.0 Å². The van der Waals surface area contributed by atoms with Crippen LogP contribution in [0.25, 0.3) is 5.73 Å². The summed E-state index contributed by atoms with van der Waals surface area (Å²) < 4.78 is 0. The van der Waals surface area contributed by atoms with Gasteiger partial charge in [-0.15, -0.1) is 6.04 Å². The predicted octanol–water partition coefficient (Wildman–Crippen LogP) is 7.20. The average molecular weight is 575 g/mol. The van der Waals surface area contributed by atoms with E-state index in [0.717, 1.165) is 40.7 Å². The standard InChI is InChI=1S/C15H15N.C10H20.CH3.Ir.H2O/c1-12(13-8-4-2-5-9-13)15(16)14-10-6-3-7-11-14;1-6-7(2)9(4)10(5)8(6)3;;;/h2-12,15-16H,1H2;6-10H,1-5H3;1H3;;1H2/q-2;;-1;+3;/t12-,15?;;;;/m1..../s1. The molecule has 0 heterocycles. The van der Waals surface area contributed by atoms with Gasteiger partial charge in [-0.1, -0.05) is 106 Å². The summed E-state index contributed by atoms with van der Waals surface area (Å²) in [6.07, 6.45) is 0. The van der Waals surface area contributed by atoms with Crippen LogP contribution in [-0.2, 0) is 20.1 Å². The summed E-state index contributed by atoms with van der Waals surface area (Å²) in [4.78, 5) is 0. The van der Waals surface area contributed by atoms with Crippen molar-refractivity contribution < 1.29 is 25.6 Å². The first-order valence-corrected chi connectivity index (χ1v) is 9.98. The van der Waals surface area contributed by atoms with Crippen molar-refractivity contribution in [3.05, 3.63) is 91.9 Å². The molecular formula is C26H40IrNO. The minimum absolute atomic E-state index is 0. The topological polar surface area (TPSA) is 55.3 Å². The summed E-state index contributed by atoms with van der Waals surface area (Å²) in [7, 11) is 0. The molecule has 1 fully saturated rings. The van der Waals surface area contributed by atoms with Gasteiger partial charge in [-0.3, -0.25) is 0 Å². The van der Waals surface area contributed by atoms with Gasteiger partial charge in [0.15, 0.2) is 0 Å². The van der Waals surface area contributed by atoms with Crippen molar-refractivity contribution in [2.45, 2.75) is 46.6 Å². The summed E-state index contributed by atoms with van der Waals surface area (Å²) in [6, 6.07) is 19.6. The Morgan fingerprint density at radius 3 is 1.24 bits per heavy atom. The van der Waals surface area contributed by atoms with Gasteiger partial charge in [0.1, 0.15) is 0 Å². The molecule has 1 aliphatic rings. The molecule has 0 aromatic heterocycles. The second kappa shape index (κ2) is 14.1. The molecule has 0 aliphatic heterocycles. The van der Waals surface area contributed by atoms with Crippen molar-refractivity contribution in [3.8, 4) is 0 Å². The monoisotopic (exact) mass is 575 g/mol. The first kappa shape index (κ1) is 30.2. The average Bonchev–Trinajstić information content (AvgIpc) is 2.86. The number of hydrogen-bond donors (Lipinski definition) is 0. The Morgan fingerprint density at radius 2 is 0.931 bits per heavy atom. The molecule has 0 radical (unpaired) electrons. The fourth-order valence-corrected chi connectivity index (χ4v) is 4.18. The fraction of sp³-hybridized carbons (Fsp3) is 0.462. The summed E-state index contributed by atoms with van der Waals surface area (Å²) in [5.74, 6) is 4.65. The zero-order chi connectivity index (χ0) is 19.3. The van der Waals surface area contributed by atoms with Crippen molar-refractivity contribution in [3.63, 3.8) is 0 Å². The molecule has 2 aromatic carbocycles. The molecule has 164 valence electrons. The molecule has 1 aliphatic carbocycles. The number of benzene rings is 2. The quantitative estimate of drug-likeness (QED) is 0.348. The Balaban J connectivity index is 0. The van der Waals surface area contributed by atoms with Crippen molar-refractivity contribution in [1.82, 2.24) is 0 Å². The van der Waals surface area contributed by atoms with E-state index >= 15 is 0 Å². The number of hydrogen-bond acceptors (Lipinski definition) is 0. The Labute approximate surface area is 193 Å². The normalized spacial score (nSPS) is 27.1. The van der Waals surface area contributed by atoms with E-state index in [1.165, 1.54) is 0 Å². The zero-order valence-corrected chi connectivity index (χ0v) is 21.3. The molecule has 2 atom stereocenters. The third-order valence-corrected chi connectivity index (χ3v) is 6.94. The van der Waals surface area contributed by atoms with Crippen LogP contribution >= 0.6 is 0 Å². The van der Waals surface area contributed by atoms with Crippen LogP contribution in [0.5, 0.6) is 0 Å². The molecule has 3 N–H and O–H groups in total. The van der Waals surface area contributed by atoms with E-state index in [1.54, 1.807) is 0 Å². The minimum atomic E-state index is -0.302. The van der Waals surface area contributed by atoms with Crippen LogP contribution in [0.1, 0.15) is 57.7 Å². The van der Waals surface area contributed by atoms with Gasteiger partial charge in [-0.25, -0.2) is 0 Å². The largest absolute Gasteiger partial charge is 3.00 e. The van der Waals surface area contributed by atoms with Gasteiger partial charge in [-0.05, 0) is 29.6 Å². The van der Waals surface area contributed by atoms with Gasteiger partial charge in [0, 0.05) is 0 Å². The van der Waals surface area contributed by atoms with Gasteiger partial charge in [0.2, 0.25) is 0 Å². The van der Waals surface area contributed by atoms with Crippen LogP contribution in [0, 0.1) is 43.9 Å². The van der Waals surface area contributed by atoms with Crippen LogP contribution in [0.4, 0.5) is 0 Å². The van der Waals surface area contributed by atoms with E-state index in [1.807, 2.05) is 60.7 Å². The van der Waals surface area contributed by atoms with Crippen LogP contribution in [0.2, 0.25) is 0 Å². The molecule has 0 amide bonds. The Bertz CT molecular complexity index is 560. The van der Waals surface area contributed by atoms with Gasteiger partial charge >= 0.3 is 20.1 Å². The molecule has 2 aromatic rings. The van der Waals surface area contributed by atoms with E-state index in [0.29, 0.717) is 0 Å². The van der Waals surface area contributed by atoms with E-state index in [9.17, 15) is 0 Å². The second-order valence-electron chi connectivity index (χ2n) is 8.20. The number of nitrogens with one attached hydrogen (secondary N) is 1. The molecule has 1 unspecified atom stereocenters. The van der Waals surface area contributed by atoms with E-state index in [2.05, 4.69) is 41.5 Å². The van der Waals surface area contributed by atoms with Crippen LogP contribution in [-0.4, -0.2) is 5.48 Å². The maximum absolute atomic E-state index is 8.19. The molecule has 2 nitrogen and oxygen atoms in total. The second-order valence-corrected chi connectivity index (χ2v) is 8.20. The van der Waals surface area contributed by atoms with Gasteiger partial charge < -0.3 is 25.6 Å². The summed E-state index contributed by atoms with van der Waals surface area (Å²) in [5, 5.41) is 0. The Morgan fingerprint density at radius 1 is 0.655 bits per heavy atom. The van der Waals surface area contributed by atoms with Gasteiger partial charge in [0.05, 0.1) is 0 Å². The summed E-state index contributed by atoms with van der Waals surface area (Å²) >= 11 is 0. The van der Waals surface area contributed by atoms with Crippen LogP contribution in [0.15, 0.2) is 60.7 Å². The Kier molecular flexibility index (Phi) is 14.7. The molecule has 0 bridgehead atoms. The summed E-state index contributed by atoms with van der Waals surface area (Å²) in [6.45, 7) is 16.1. The van der Waals surface area contributed by atoms with Gasteiger partial charge in [-0.2, -0.15) is 5.92 Å². The third-order valence-electron chi connectivity index (χ3n) is 6.94. The molecule has 1 saturated carbocycles. The molecule has 3 heteroatoms. The van der Waals surface area contributed by atoms with Crippen molar-refractivity contribution in [2.75, 3.05) is 0 Å². The third kappa shape index (κ3) is 7.64. The summed E-state index contributed by atoms with van der Waals surface area (Å²) in [5.41, 5.74) is 10.3. The minimum Gasteiger partial charge on any atom is -0.672 e. The molecular weight excluding hydrogens is 535 g/mol. The maximum atomic E-state index is 8.19. The molecule has 0 saturated heterocycles. The van der Waals surface area contributed by atoms with Crippen LogP contribution < -0.4 is 0 Å². The van der Waals surface area contributed by atoms with Crippen molar-refractivity contribution >= 4 is 0 Å². The first-order valence-electron chi connectivity index (χ1n) is 9.98. The van der Waals surface area contributed by atoms with Gasteiger partial charge in [0.25, 0.3) is 0 Å². The Hall–Kier alpha value is -0.991. The molecule has 0 spiro atoms. The van der Waals surface area contributed by atoms with E-state index < -0.39 is 0 Å². The van der Waals surface area contributed by atoms with Crippen LogP contribution in [0.3, 0.4) is 0 Å². The van der Waals surface area contributed by atoms with Crippen molar-refractivity contribution in [2.24, 2.45) is 29.6 Å². The fourth-order valence-electron chi connectivity index (χ4n) is 4.18. The zero-order valence-electron chi connectivity index (χ0n) is 18.9. The molecule has 3 rings (SSSR count). The first-order chi connectivity index (χ1) is 12.3.